The van der Waals surface area contributed by atoms with E-state index < -0.39 is 15.9 Å². The molecule has 1 saturated heterocycles. The van der Waals surface area contributed by atoms with Crippen molar-refractivity contribution in [3.05, 3.63) is 35.2 Å². The fourth-order valence-corrected chi connectivity index (χ4v) is 5.76. The molecule has 10 heteroatoms. The smallest absolute Gasteiger partial charge is 0.248 e. The minimum absolute atomic E-state index is 0.0949. The van der Waals surface area contributed by atoms with E-state index in [9.17, 15) is 13.2 Å². The Morgan fingerprint density at radius 2 is 2.19 bits per heavy atom. The zero-order valence-corrected chi connectivity index (χ0v) is 16.4. The van der Waals surface area contributed by atoms with Crippen LogP contribution in [0.5, 0.6) is 0 Å². The highest BCUT2D eigenvalue weighted by Crippen LogP contribution is 2.29. The van der Waals surface area contributed by atoms with Crippen molar-refractivity contribution in [2.24, 2.45) is 5.92 Å². The second-order valence-corrected chi connectivity index (χ2v) is 9.29. The lowest BCUT2D eigenvalue weighted by atomic mass is 10.1. The SMILES string of the molecule is Cc1noc(C)c1S(=O)(=O)N1CC[C@@H](C(=O)Nc2ccc3scnc3c2)C1. The highest BCUT2D eigenvalue weighted by molar-refractivity contribution is 7.89. The van der Waals surface area contributed by atoms with Gasteiger partial charge in [0.2, 0.25) is 15.9 Å². The van der Waals surface area contributed by atoms with Crippen LogP contribution < -0.4 is 5.32 Å². The summed E-state index contributed by atoms with van der Waals surface area (Å²) in [5.74, 6) is -0.343. The minimum Gasteiger partial charge on any atom is -0.360 e. The summed E-state index contributed by atoms with van der Waals surface area (Å²) in [5, 5.41) is 6.59. The molecule has 142 valence electrons. The van der Waals surface area contributed by atoms with Gasteiger partial charge >= 0.3 is 0 Å². The van der Waals surface area contributed by atoms with Crippen molar-refractivity contribution in [2.45, 2.75) is 25.2 Å². The molecule has 3 heterocycles. The van der Waals surface area contributed by atoms with Crippen molar-refractivity contribution in [3.8, 4) is 0 Å². The van der Waals surface area contributed by atoms with Gasteiger partial charge in [0.15, 0.2) is 5.76 Å². The number of fused-ring (bicyclic) bond motifs is 1. The molecule has 0 aliphatic carbocycles. The Kier molecular flexibility index (Phi) is 4.49. The molecule has 0 bridgehead atoms. The summed E-state index contributed by atoms with van der Waals surface area (Å²) in [5.41, 5.74) is 3.57. The Bertz CT molecular complexity index is 1100. The number of benzene rings is 1. The number of sulfonamides is 1. The molecule has 2 aromatic heterocycles. The van der Waals surface area contributed by atoms with Crippen LogP contribution in [-0.4, -0.2) is 41.9 Å². The number of nitrogens with zero attached hydrogens (tertiary/aromatic N) is 3. The molecule has 27 heavy (non-hydrogen) atoms. The summed E-state index contributed by atoms with van der Waals surface area (Å²) in [6.07, 6.45) is 0.466. The fraction of sp³-hybridized carbons (Fsp3) is 0.353. The molecule has 8 nitrogen and oxygen atoms in total. The quantitative estimate of drug-likeness (QED) is 0.714. The molecule has 1 fully saturated rings. The molecule has 1 aliphatic rings. The highest BCUT2D eigenvalue weighted by Gasteiger charge is 2.38. The molecule has 1 amide bonds. The van der Waals surface area contributed by atoms with Gasteiger partial charge in [-0.2, -0.15) is 4.31 Å². The third-order valence-corrected chi connectivity index (χ3v) is 7.61. The first-order valence-corrected chi connectivity index (χ1v) is 10.8. The van der Waals surface area contributed by atoms with E-state index in [1.54, 1.807) is 19.4 Å². The maximum atomic E-state index is 12.9. The van der Waals surface area contributed by atoms with Crippen LogP contribution in [0.15, 0.2) is 33.1 Å². The van der Waals surface area contributed by atoms with Crippen molar-refractivity contribution in [2.75, 3.05) is 18.4 Å². The van der Waals surface area contributed by atoms with E-state index in [4.69, 9.17) is 4.52 Å². The predicted molar refractivity (Wildman–Crippen MR) is 101 cm³/mol. The van der Waals surface area contributed by atoms with Crippen molar-refractivity contribution in [3.63, 3.8) is 0 Å². The van der Waals surface area contributed by atoms with Gasteiger partial charge in [-0.25, -0.2) is 13.4 Å². The Labute approximate surface area is 160 Å². The van der Waals surface area contributed by atoms with Crippen LogP contribution in [0.4, 0.5) is 5.69 Å². The van der Waals surface area contributed by atoms with Crippen LogP contribution in [0, 0.1) is 19.8 Å². The molecule has 1 aromatic carbocycles. The lowest BCUT2D eigenvalue weighted by Gasteiger charge is -2.16. The van der Waals surface area contributed by atoms with Crippen molar-refractivity contribution < 1.29 is 17.7 Å². The fourth-order valence-electron chi connectivity index (χ4n) is 3.31. The van der Waals surface area contributed by atoms with Crippen LogP contribution in [0.3, 0.4) is 0 Å². The standard InChI is InChI=1S/C17H18N4O4S2/c1-10-16(11(2)25-20-10)27(23,24)21-6-5-12(8-21)17(22)19-13-3-4-15-14(7-13)18-9-26-15/h3-4,7,9,12H,5-6,8H2,1-2H3,(H,19,22)/t12-/m1/s1. The van der Waals surface area contributed by atoms with Crippen molar-refractivity contribution in [1.29, 1.82) is 0 Å². The zero-order chi connectivity index (χ0) is 19.2. The number of aryl methyl sites for hydroxylation is 2. The Morgan fingerprint density at radius 1 is 1.37 bits per heavy atom. The molecular formula is C17H18N4O4S2. The van der Waals surface area contributed by atoms with Gasteiger partial charge in [-0.3, -0.25) is 4.79 Å². The zero-order valence-electron chi connectivity index (χ0n) is 14.8. The van der Waals surface area contributed by atoms with E-state index in [2.05, 4.69) is 15.5 Å². The van der Waals surface area contributed by atoms with E-state index in [0.717, 1.165) is 10.2 Å². The normalized spacial score (nSPS) is 18.2. The van der Waals surface area contributed by atoms with E-state index in [1.165, 1.54) is 15.6 Å². The first-order chi connectivity index (χ1) is 12.9. The first-order valence-electron chi connectivity index (χ1n) is 8.43. The molecule has 4 rings (SSSR count). The van der Waals surface area contributed by atoms with E-state index in [0.29, 0.717) is 17.8 Å². The molecule has 1 N–H and O–H groups in total. The van der Waals surface area contributed by atoms with Gasteiger partial charge < -0.3 is 9.84 Å². The molecule has 0 saturated carbocycles. The number of amides is 1. The highest BCUT2D eigenvalue weighted by atomic mass is 32.2. The third kappa shape index (κ3) is 3.24. The summed E-state index contributed by atoms with van der Waals surface area (Å²) >= 11 is 1.53. The van der Waals surface area contributed by atoms with E-state index in [-0.39, 0.29) is 29.7 Å². The molecule has 1 atom stereocenters. The van der Waals surface area contributed by atoms with Gasteiger partial charge in [-0.1, -0.05) is 5.16 Å². The van der Waals surface area contributed by atoms with Crippen LogP contribution >= 0.6 is 11.3 Å². The van der Waals surface area contributed by atoms with Crippen LogP contribution in [0.2, 0.25) is 0 Å². The minimum atomic E-state index is -3.73. The summed E-state index contributed by atoms with van der Waals surface area (Å²) < 4.78 is 33.1. The largest absolute Gasteiger partial charge is 0.360 e. The molecule has 0 spiro atoms. The van der Waals surface area contributed by atoms with Gasteiger partial charge in [0, 0.05) is 18.8 Å². The summed E-state index contributed by atoms with van der Waals surface area (Å²) in [6.45, 7) is 3.59. The van der Waals surface area contributed by atoms with Crippen LogP contribution in [-0.2, 0) is 14.8 Å². The molecule has 3 aromatic rings. The summed E-state index contributed by atoms with van der Waals surface area (Å²) in [4.78, 5) is 16.9. The Morgan fingerprint density at radius 3 is 2.93 bits per heavy atom. The monoisotopic (exact) mass is 406 g/mol. The number of carbonyl (C=O) groups is 1. The Balaban J connectivity index is 1.48. The first kappa shape index (κ1) is 18.1. The maximum absolute atomic E-state index is 12.9. The van der Waals surface area contributed by atoms with Gasteiger partial charge in [0.05, 0.1) is 21.6 Å². The lowest BCUT2D eigenvalue weighted by Crippen LogP contribution is -2.32. The average Bonchev–Trinajstić information content (AvgIpc) is 3.34. The number of rotatable bonds is 4. The number of nitrogens with one attached hydrogen (secondary N) is 1. The second-order valence-electron chi connectivity index (χ2n) is 6.53. The van der Waals surface area contributed by atoms with Crippen LogP contribution in [0.25, 0.3) is 10.2 Å². The van der Waals surface area contributed by atoms with E-state index in [1.807, 2.05) is 18.2 Å². The number of carbonyl (C=O) groups excluding carboxylic acids is 1. The number of hydrogen-bond acceptors (Lipinski definition) is 7. The second kappa shape index (κ2) is 6.70. The van der Waals surface area contributed by atoms with Gasteiger partial charge in [-0.15, -0.1) is 11.3 Å². The van der Waals surface area contributed by atoms with E-state index >= 15 is 0 Å². The van der Waals surface area contributed by atoms with Gasteiger partial charge in [0.1, 0.15) is 10.6 Å². The van der Waals surface area contributed by atoms with Crippen molar-refractivity contribution >= 4 is 43.2 Å². The number of thiazole rings is 1. The van der Waals surface area contributed by atoms with Crippen LogP contribution in [0.1, 0.15) is 17.9 Å². The molecule has 1 aliphatic heterocycles. The lowest BCUT2D eigenvalue weighted by molar-refractivity contribution is -0.119. The number of aromatic nitrogens is 2. The molecule has 0 unspecified atom stereocenters. The summed E-state index contributed by atoms with van der Waals surface area (Å²) in [6, 6.07) is 5.55. The Hall–Kier alpha value is -2.30. The number of hydrogen-bond donors (Lipinski definition) is 1. The predicted octanol–water partition coefficient (Wildman–Crippen LogP) is 2.55. The molecular weight excluding hydrogens is 388 g/mol. The van der Waals surface area contributed by atoms with Gasteiger partial charge in [0.25, 0.3) is 0 Å². The maximum Gasteiger partial charge on any atom is 0.248 e. The number of anilines is 1. The van der Waals surface area contributed by atoms with Crippen molar-refractivity contribution in [1.82, 2.24) is 14.4 Å². The topological polar surface area (TPSA) is 105 Å². The summed E-state index contributed by atoms with van der Waals surface area (Å²) in [7, 11) is -3.73. The van der Waals surface area contributed by atoms with Gasteiger partial charge in [-0.05, 0) is 38.5 Å². The molecule has 0 radical (unpaired) electrons. The average molecular weight is 406 g/mol. The third-order valence-electron chi connectivity index (χ3n) is 4.69.